The van der Waals surface area contributed by atoms with Crippen LogP contribution in [-0.4, -0.2) is 42.9 Å². The summed E-state index contributed by atoms with van der Waals surface area (Å²) in [5, 5.41) is 10.6. The van der Waals surface area contributed by atoms with Crippen LogP contribution in [0, 0.1) is 0 Å². The average molecular weight is 307 g/mol. The molecular weight excluding hydrogens is 278 g/mol. The van der Waals surface area contributed by atoms with Crippen molar-refractivity contribution in [3.8, 4) is 11.5 Å². The molecule has 0 amide bonds. The quantitative estimate of drug-likeness (QED) is 0.759. The number of hydrogen-bond donors (Lipinski definition) is 1. The molecule has 0 aliphatic carbocycles. The maximum atomic E-state index is 10.6. The van der Waals surface area contributed by atoms with Crippen molar-refractivity contribution in [2.24, 2.45) is 0 Å². The van der Waals surface area contributed by atoms with Gasteiger partial charge >= 0.3 is 0 Å². The Hall–Kier alpha value is -1.26. The van der Waals surface area contributed by atoms with E-state index in [1.54, 1.807) is 0 Å². The van der Waals surface area contributed by atoms with Gasteiger partial charge in [0, 0.05) is 6.54 Å². The summed E-state index contributed by atoms with van der Waals surface area (Å²) in [5.74, 6) is 1.52. The number of rotatable bonds is 9. The summed E-state index contributed by atoms with van der Waals surface area (Å²) in [7, 11) is 0. The minimum absolute atomic E-state index is 0.482. The van der Waals surface area contributed by atoms with Gasteiger partial charge in [-0.2, -0.15) is 0 Å². The second-order valence-corrected chi connectivity index (χ2v) is 5.93. The lowest BCUT2D eigenvalue weighted by atomic mass is 10.1. The molecule has 0 bridgehead atoms. The van der Waals surface area contributed by atoms with Gasteiger partial charge in [0.25, 0.3) is 0 Å². The molecule has 0 radical (unpaired) electrons. The van der Waals surface area contributed by atoms with Gasteiger partial charge in [0.15, 0.2) is 11.5 Å². The van der Waals surface area contributed by atoms with Crippen molar-refractivity contribution >= 4 is 0 Å². The van der Waals surface area contributed by atoms with Gasteiger partial charge in [-0.3, -0.25) is 0 Å². The molecular formula is C18H29NO3. The number of aliphatic hydroxyl groups excluding tert-OH is 1. The summed E-state index contributed by atoms with van der Waals surface area (Å²) in [6, 6.07) is 5.75. The lowest BCUT2D eigenvalue weighted by Crippen LogP contribution is -2.30. The highest BCUT2D eigenvalue weighted by atomic mass is 16.6. The number of fused-ring (bicyclic) bond motifs is 1. The van der Waals surface area contributed by atoms with E-state index in [0.717, 1.165) is 30.2 Å². The molecule has 1 aliphatic heterocycles. The fraction of sp³-hybridized carbons (Fsp3) is 0.667. The Kier molecular flexibility index (Phi) is 7.00. The number of unbranched alkanes of at least 4 members (excludes halogenated alkanes) is 2. The van der Waals surface area contributed by atoms with Crippen molar-refractivity contribution in [2.45, 2.75) is 45.6 Å². The molecule has 1 atom stereocenters. The largest absolute Gasteiger partial charge is 0.486 e. The van der Waals surface area contributed by atoms with Crippen molar-refractivity contribution in [1.29, 1.82) is 0 Å². The highest BCUT2D eigenvalue weighted by molar-refractivity contribution is 5.44. The molecule has 1 heterocycles. The predicted octanol–water partition coefficient (Wildman–Crippen LogP) is 3.39. The second kappa shape index (κ2) is 9.01. The third-order valence-electron chi connectivity index (χ3n) is 4.04. The lowest BCUT2D eigenvalue weighted by Gasteiger charge is -2.26. The first-order chi connectivity index (χ1) is 10.7. The monoisotopic (exact) mass is 307 g/mol. The first kappa shape index (κ1) is 17.1. The predicted molar refractivity (Wildman–Crippen MR) is 88.6 cm³/mol. The average Bonchev–Trinajstić information content (AvgIpc) is 2.56. The van der Waals surface area contributed by atoms with E-state index in [1.165, 1.54) is 25.7 Å². The molecule has 1 unspecified atom stereocenters. The summed E-state index contributed by atoms with van der Waals surface area (Å²) in [5.41, 5.74) is 0.905. The first-order valence-corrected chi connectivity index (χ1v) is 8.54. The number of ether oxygens (including phenoxy) is 2. The Bertz CT molecular complexity index is 442. The summed E-state index contributed by atoms with van der Waals surface area (Å²) in [6.07, 6.45) is 4.24. The molecule has 0 spiro atoms. The van der Waals surface area contributed by atoms with Crippen LogP contribution in [0.3, 0.4) is 0 Å². The van der Waals surface area contributed by atoms with E-state index in [2.05, 4.69) is 18.7 Å². The maximum Gasteiger partial charge on any atom is 0.161 e. The number of nitrogens with zero attached hydrogens (tertiary/aromatic N) is 1. The molecule has 4 nitrogen and oxygen atoms in total. The van der Waals surface area contributed by atoms with Crippen molar-refractivity contribution in [3.63, 3.8) is 0 Å². The molecule has 0 saturated heterocycles. The molecule has 1 aromatic carbocycles. The van der Waals surface area contributed by atoms with Crippen LogP contribution in [0.15, 0.2) is 18.2 Å². The molecule has 0 saturated carbocycles. The smallest absolute Gasteiger partial charge is 0.161 e. The fourth-order valence-electron chi connectivity index (χ4n) is 2.68. The fourth-order valence-corrected chi connectivity index (χ4v) is 2.68. The van der Waals surface area contributed by atoms with Crippen LogP contribution in [-0.2, 0) is 0 Å². The van der Waals surface area contributed by atoms with Crippen LogP contribution in [0.5, 0.6) is 11.5 Å². The van der Waals surface area contributed by atoms with E-state index in [4.69, 9.17) is 9.47 Å². The van der Waals surface area contributed by atoms with E-state index in [9.17, 15) is 5.11 Å². The van der Waals surface area contributed by atoms with Gasteiger partial charge in [-0.05, 0) is 43.6 Å². The molecule has 22 heavy (non-hydrogen) atoms. The number of aliphatic hydroxyl groups is 1. The van der Waals surface area contributed by atoms with E-state index in [1.807, 2.05) is 18.2 Å². The van der Waals surface area contributed by atoms with E-state index < -0.39 is 6.10 Å². The zero-order valence-corrected chi connectivity index (χ0v) is 13.9. The normalized spacial score (nSPS) is 15.1. The van der Waals surface area contributed by atoms with E-state index in [0.29, 0.717) is 19.8 Å². The molecule has 4 heteroatoms. The van der Waals surface area contributed by atoms with Crippen LogP contribution in [0.25, 0.3) is 0 Å². The number of benzene rings is 1. The highest BCUT2D eigenvalue weighted by Gasteiger charge is 2.17. The Balaban J connectivity index is 1.97. The second-order valence-electron chi connectivity index (χ2n) is 5.93. The van der Waals surface area contributed by atoms with Gasteiger partial charge in [0.2, 0.25) is 0 Å². The maximum absolute atomic E-state index is 10.6. The molecule has 1 aliphatic rings. The Morgan fingerprint density at radius 3 is 2.32 bits per heavy atom. The first-order valence-electron chi connectivity index (χ1n) is 8.54. The third kappa shape index (κ3) is 4.89. The molecule has 1 N–H and O–H groups in total. The van der Waals surface area contributed by atoms with E-state index in [-0.39, 0.29) is 0 Å². The Morgan fingerprint density at radius 1 is 1.05 bits per heavy atom. The van der Waals surface area contributed by atoms with Crippen LogP contribution in [0.2, 0.25) is 0 Å². The van der Waals surface area contributed by atoms with Crippen molar-refractivity contribution < 1.29 is 14.6 Å². The molecule has 2 rings (SSSR count). The van der Waals surface area contributed by atoms with Gasteiger partial charge < -0.3 is 19.5 Å². The van der Waals surface area contributed by atoms with Gasteiger partial charge in [-0.1, -0.05) is 32.8 Å². The van der Waals surface area contributed by atoms with Crippen molar-refractivity contribution in [2.75, 3.05) is 32.8 Å². The highest BCUT2D eigenvalue weighted by Crippen LogP contribution is 2.32. The van der Waals surface area contributed by atoms with Gasteiger partial charge in [-0.15, -0.1) is 0 Å². The van der Waals surface area contributed by atoms with Gasteiger partial charge in [0.1, 0.15) is 13.2 Å². The lowest BCUT2D eigenvalue weighted by molar-refractivity contribution is 0.110. The summed E-state index contributed by atoms with van der Waals surface area (Å²) < 4.78 is 11.1. The van der Waals surface area contributed by atoms with Crippen LogP contribution < -0.4 is 9.47 Å². The minimum atomic E-state index is -0.482. The summed E-state index contributed by atoms with van der Waals surface area (Å²) in [6.45, 7) is 8.36. The van der Waals surface area contributed by atoms with Crippen molar-refractivity contribution in [1.82, 2.24) is 4.90 Å². The topological polar surface area (TPSA) is 41.9 Å². The van der Waals surface area contributed by atoms with Gasteiger partial charge in [0.05, 0.1) is 6.10 Å². The zero-order chi connectivity index (χ0) is 15.8. The van der Waals surface area contributed by atoms with Crippen LogP contribution in [0.1, 0.15) is 51.2 Å². The summed E-state index contributed by atoms with van der Waals surface area (Å²) >= 11 is 0. The molecule has 0 fully saturated rings. The van der Waals surface area contributed by atoms with Gasteiger partial charge in [-0.25, -0.2) is 0 Å². The molecule has 1 aromatic rings. The molecule has 124 valence electrons. The minimum Gasteiger partial charge on any atom is -0.486 e. The van der Waals surface area contributed by atoms with Crippen LogP contribution in [0.4, 0.5) is 0 Å². The standard InChI is InChI=1S/C18H29NO3/c1-3-5-9-19(10-6-4-2)14-16(20)15-7-8-17-18(13-15)22-12-11-21-17/h7-8,13,16,20H,3-6,9-12,14H2,1-2H3. The van der Waals surface area contributed by atoms with E-state index >= 15 is 0 Å². The Morgan fingerprint density at radius 2 is 1.68 bits per heavy atom. The number of hydrogen-bond acceptors (Lipinski definition) is 4. The summed E-state index contributed by atoms with van der Waals surface area (Å²) in [4.78, 5) is 2.37. The third-order valence-corrected chi connectivity index (χ3v) is 4.04. The van der Waals surface area contributed by atoms with Crippen molar-refractivity contribution in [3.05, 3.63) is 23.8 Å². The zero-order valence-electron chi connectivity index (χ0n) is 13.9. The molecule has 0 aromatic heterocycles. The Labute approximate surface area is 134 Å². The SMILES string of the molecule is CCCCN(CCCC)CC(O)c1ccc2c(c1)OCCO2. The van der Waals surface area contributed by atoms with Crippen LogP contribution >= 0.6 is 0 Å².